The lowest BCUT2D eigenvalue weighted by molar-refractivity contribution is 0.101. The minimum atomic E-state index is -3.90. The van der Waals surface area contributed by atoms with E-state index in [2.05, 4.69) is 91.4 Å². The van der Waals surface area contributed by atoms with Crippen molar-refractivity contribution in [3.8, 4) is 11.6 Å². The molecule has 5 aromatic carbocycles. The highest BCUT2D eigenvalue weighted by Gasteiger charge is 2.48. The molecule has 10 heterocycles. The molecule has 5 aliphatic heterocycles. The molecule has 0 saturated carbocycles. The molecule has 45 nitrogen and oxygen atoms in total. The number of nitrogens with zero attached hydrogens (tertiary/aromatic N) is 18. The number of hydrogen-bond donors (Lipinski definition) is 10. The minimum absolute atomic E-state index is 0. The fourth-order valence-electron chi connectivity index (χ4n) is 14.3. The lowest BCUT2D eigenvalue weighted by atomic mass is 9.93. The number of sulfonamides is 5. The number of benzene rings is 5. The fourth-order valence-corrected chi connectivity index (χ4v) is 21.6. The Morgan fingerprint density at radius 3 is 0.826 bits per heavy atom. The maximum absolute atomic E-state index is 14.6. The van der Waals surface area contributed by atoms with Crippen molar-refractivity contribution in [2.45, 2.75) is 90.5 Å². The van der Waals surface area contributed by atoms with E-state index in [9.17, 15) is 92.4 Å². The van der Waals surface area contributed by atoms with Crippen molar-refractivity contribution in [1.82, 2.24) is 61.4 Å². The number of carbonyl (C=O) groups excluding carboxylic acids is 5. The molecule has 0 fully saturated rings. The number of anilines is 5. The zero-order valence-corrected chi connectivity index (χ0v) is 82.8. The smallest absolute Gasteiger partial charge is 0.275 e. The van der Waals surface area contributed by atoms with Crippen molar-refractivity contribution in [2.24, 2.45) is 53.6 Å². The van der Waals surface area contributed by atoms with E-state index in [1.54, 1.807) is 38.2 Å². The van der Waals surface area contributed by atoms with Crippen molar-refractivity contribution in [1.29, 1.82) is 0 Å². The number of nitrogens with one attached hydrogen (secondary N) is 5. The number of hydrogen-bond acceptors (Lipinski definition) is 35. The van der Waals surface area contributed by atoms with Crippen LogP contribution in [0, 0.1) is 55.7 Å². The Balaban J connectivity index is 0.000000184. The molecule has 144 heavy (non-hydrogen) atoms. The average molecular weight is 2100 g/mol. The lowest BCUT2D eigenvalue weighted by Crippen LogP contribution is -2.50. The van der Waals surface area contributed by atoms with Gasteiger partial charge in [-0.15, -0.1) is 0 Å². The van der Waals surface area contributed by atoms with E-state index in [0.717, 1.165) is 63.5 Å². The summed E-state index contributed by atoms with van der Waals surface area (Å²) in [5.41, 5.74) is 24.2. The Hall–Kier alpha value is -15.7. The van der Waals surface area contributed by atoms with Gasteiger partial charge in [0.25, 0.3) is 29.5 Å². The summed E-state index contributed by atoms with van der Waals surface area (Å²) in [6, 6.07) is 23.6. The summed E-state index contributed by atoms with van der Waals surface area (Å²) < 4.78 is 224. The highest BCUT2D eigenvalue weighted by atomic mass is 32.2. The van der Waals surface area contributed by atoms with Crippen LogP contribution in [0.3, 0.4) is 0 Å². The summed E-state index contributed by atoms with van der Waals surface area (Å²) in [7, 11) is -9.72. The van der Waals surface area contributed by atoms with Gasteiger partial charge < -0.3 is 64.7 Å². The predicted octanol–water partition coefficient (Wildman–Crippen LogP) is 6.29. The Morgan fingerprint density at radius 2 is 0.576 bits per heavy atom. The van der Waals surface area contributed by atoms with E-state index in [1.165, 1.54) is 182 Å². The third-order valence-corrected chi connectivity index (χ3v) is 32.1. The third-order valence-electron chi connectivity index (χ3n) is 22.4. The Kier molecular flexibility index (Phi) is 32.6. The Bertz CT molecular complexity index is 7120. The van der Waals surface area contributed by atoms with Crippen LogP contribution < -0.4 is 64.7 Å². The molecule has 0 bridgehead atoms. The Morgan fingerprint density at radius 1 is 0.312 bits per heavy atom. The van der Waals surface area contributed by atoms with E-state index in [-0.39, 0.29) is 128 Å². The van der Waals surface area contributed by atoms with Gasteiger partial charge in [-0.2, -0.15) is 0 Å². The number of ether oxygens (including phenoxy) is 2. The number of halogens is 6. The largest absolute Gasteiger partial charge is 0.495 e. The molecular formula is C88H100F6N28O17S5. The second kappa shape index (κ2) is 42.6. The van der Waals surface area contributed by atoms with E-state index in [4.69, 9.17) is 38.1 Å². The van der Waals surface area contributed by atoms with Gasteiger partial charge >= 0.3 is 0 Å². The average Bonchev–Trinajstić information content (AvgIpc) is 0.767. The summed E-state index contributed by atoms with van der Waals surface area (Å²) >= 11 is 0. The van der Waals surface area contributed by atoms with Crippen molar-refractivity contribution in [2.75, 3.05) is 105 Å². The highest BCUT2D eigenvalue weighted by molar-refractivity contribution is 7.91. The molecule has 5 aliphatic rings. The first kappa shape index (κ1) is 110. The predicted molar refractivity (Wildman–Crippen MR) is 523 cm³/mol. The molecular weight excluding hydrogens is 2000 g/mol. The van der Waals surface area contributed by atoms with Crippen LogP contribution in [0.2, 0.25) is 0 Å². The fraction of sp³-hybridized carbons (Fsp3) is 0.295. The maximum Gasteiger partial charge on any atom is 0.275 e. The van der Waals surface area contributed by atoms with Gasteiger partial charge in [0.05, 0.1) is 85.4 Å². The van der Waals surface area contributed by atoms with Crippen LogP contribution in [0.15, 0.2) is 184 Å². The first-order chi connectivity index (χ1) is 66.6. The maximum atomic E-state index is 14.6. The van der Waals surface area contributed by atoms with Crippen molar-refractivity contribution in [3.05, 3.63) is 267 Å². The van der Waals surface area contributed by atoms with Gasteiger partial charge in [-0.25, -0.2) is 140 Å². The molecule has 5 amide bonds. The number of aryl methyl sites for hydroxylation is 3. The van der Waals surface area contributed by atoms with E-state index in [1.807, 2.05) is 6.92 Å². The molecule has 0 saturated heterocycles. The SMILES string of the molecule is C.COc1ccc(C(=O)Nc2ccc(F)c([C@]3(C)CS(=O)(=O)N(C)C(N)=N3)c2)nc1.COc1cnc(C(=O)Nc2ccc(F)c([C@]3(C)CS(=O)(=O)N(C)C(N)=N3)c2)cn1.Cc1ccc(C(=O)Nc2ccc(F)c([C@]3(C)CS(=O)(=O)N(C)C(N)=N3)c2)nc1.Cc1cnc(C(=O)Nc2cc(F)c(F)c([C@]3(C)CS(=O)(=O)N(C)C(N)=N3)c2)cn1.Cc1cnc(C(=O)Nc2ccc(F)c([C@]3(C)CS(=O)(=O)N(C)C(N)=N3)c2)cn1. The van der Waals surface area contributed by atoms with Crippen molar-refractivity contribution < 1.29 is 102 Å². The van der Waals surface area contributed by atoms with E-state index >= 15 is 0 Å². The number of nitrogens with two attached hydrogens (primary N) is 5. The van der Waals surface area contributed by atoms with Crippen molar-refractivity contribution in [3.63, 3.8) is 0 Å². The second-order valence-electron chi connectivity index (χ2n) is 33.5. The first-order valence-electron chi connectivity index (χ1n) is 41.8. The van der Waals surface area contributed by atoms with Crippen LogP contribution in [0.5, 0.6) is 11.6 Å². The Labute approximate surface area is 823 Å². The summed E-state index contributed by atoms with van der Waals surface area (Å²) in [5.74, 6) is -11.1. The normalized spacial score (nSPS) is 20.8. The summed E-state index contributed by atoms with van der Waals surface area (Å²) in [6.07, 6.45) is 10.9. The molecule has 0 spiro atoms. The van der Waals surface area contributed by atoms with Gasteiger partial charge in [0, 0.05) is 116 Å². The molecule has 766 valence electrons. The molecule has 15 rings (SSSR count). The minimum Gasteiger partial charge on any atom is -0.495 e. The molecule has 10 aromatic rings. The molecule has 5 atom stereocenters. The van der Waals surface area contributed by atoms with Crippen molar-refractivity contribution >= 4 is 138 Å². The number of aliphatic imine (C=N–C) groups is 5. The molecule has 0 radical (unpaired) electrons. The van der Waals surface area contributed by atoms with Crippen LogP contribution in [0.25, 0.3) is 0 Å². The first-order valence-corrected chi connectivity index (χ1v) is 49.8. The van der Waals surface area contributed by atoms with Gasteiger partial charge in [0.15, 0.2) is 11.6 Å². The van der Waals surface area contributed by atoms with E-state index in [0.29, 0.717) is 17.1 Å². The van der Waals surface area contributed by atoms with Gasteiger partial charge in [0.1, 0.15) is 85.2 Å². The van der Waals surface area contributed by atoms with E-state index < -0.39 is 171 Å². The summed E-state index contributed by atoms with van der Waals surface area (Å²) in [4.78, 5) is 114. The summed E-state index contributed by atoms with van der Waals surface area (Å²) in [5, 5.41) is 12.8. The molecule has 0 unspecified atom stereocenters. The number of pyridine rings is 2. The molecule has 56 heteroatoms. The second-order valence-corrected chi connectivity index (χ2v) is 43.5. The lowest BCUT2D eigenvalue weighted by Gasteiger charge is -2.34. The number of carbonyl (C=O) groups is 5. The highest BCUT2D eigenvalue weighted by Crippen LogP contribution is 2.42. The molecule has 15 N–H and O–H groups in total. The van der Waals surface area contributed by atoms with Gasteiger partial charge in [0.2, 0.25) is 85.8 Å². The van der Waals surface area contributed by atoms with Crippen LogP contribution in [-0.4, -0.2) is 241 Å². The van der Waals surface area contributed by atoms with Gasteiger partial charge in [-0.05, 0) is 158 Å². The summed E-state index contributed by atoms with van der Waals surface area (Å²) in [6.45, 7) is 12.5. The quantitative estimate of drug-likeness (QED) is 0.0447. The number of aromatic nitrogens is 8. The topological polar surface area (TPSA) is 646 Å². The van der Waals surface area contributed by atoms with Crippen LogP contribution in [-0.2, 0) is 77.8 Å². The number of methoxy groups -OCH3 is 2. The zero-order valence-electron chi connectivity index (χ0n) is 78.7. The molecule has 0 aliphatic carbocycles. The number of rotatable bonds is 17. The van der Waals surface area contributed by atoms with Crippen LogP contribution in [0.1, 0.15) is 139 Å². The standard InChI is InChI=1S/C18H20FN5O4S.C18H20FN5O3S.C17H18F2N6O3S.C17H19FN6O4S.C17H19FN6O3S.CH4/c1-18(10-29(26,27)24(2)17(20)23-18)13-8-11(4-6-14(13)19)22-16(25)15-7-5-12(28-3)9-21-15;1-11-4-7-15(21-9-11)16(25)22-12-5-6-14(19)13(8-12)18(2)10-28(26,27)24(3)17(20)23-18;1-9-6-22-13(7-21-9)15(26)23-10-4-11(14(19)12(18)5-10)17(2)8-29(27,28)25(3)16(20)24-17;1-17(9-29(26,27)24(2)16(19)23-17)11-6-10(4-5-12(11)18)22-15(25)13-7-21-14(28-3)8-20-13;1-10-7-21-14(8-20-10)15(25)22-11-4-5-13(18)12(6-11)17(2)9-28(26,27)24(3)16(19)23-17;/h4-9H,10H2,1-3H3,(H2,20,23)(H,22,25);4-9H,10H2,1-3H3,(H2,20,23)(H,22,25);4-7H,8H2,1-3H3,(H2,20,24)(H,23,26);4-8H,9H2,1-3H3,(H2,19,23)(H,22,25);4-8H,9H2,1-3H3,(H2,19,23)(H,22,25);1H4/t2*18-;3*17-;/m00000./s1. The van der Waals surface area contributed by atoms with Gasteiger partial charge in [-0.3, -0.25) is 38.9 Å². The zero-order chi connectivity index (χ0) is 106. The monoisotopic (exact) mass is 2090 g/mol. The molecule has 5 aromatic heterocycles. The third kappa shape index (κ3) is 25.0. The van der Waals surface area contributed by atoms with Gasteiger partial charge in [-0.1, -0.05) is 13.5 Å². The number of amides is 5. The van der Waals surface area contributed by atoms with Crippen LogP contribution in [0.4, 0.5) is 54.8 Å². The number of guanidine groups is 5. The van der Waals surface area contributed by atoms with Crippen LogP contribution >= 0.6 is 0 Å².